The van der Waals surface area contributed by atoms with Gasteiger partial charge >= 0.3 is 5.97 Å². The van der Waals surface area contributed by atoms with E-state index in [2.05, 4.69) is 33.1 Å². The summed E-state index contributed by atoms with van der Waals surface area (Å²) >= 11 is 6.04. The highest BCUT2D eigenvalue weighted by Gasteiger charge is 2.18. The van der Waals surface area contributed by atoms with E-state index >= 15 is 0 Å². The van der Waals surface area contributed by atoms with Crippen molar-refractivity contribution in [2.24, 2.45) is 5.10 Å². The molecule has 1 aliphatic rings. The second-order valence-corrected chi connectivity index (χ2v) is 12.2. The maximum atomic E-state index is 12.2. The molecule has 1 aliphatic heterocycles. The van der Waals surface area contributed by atoms with Crippen LogP contribution in [0, 0.1) is 3.57 Å². The van der Waals surface area contributed by atoms with Crippen molar-refractivity contribution in [3.63, 3.8) is 0 Å². The molecule has 8 nitrogen and oxygen atoms in total. The fourth-order valence-corrected chi connectivity index (χ4v) is 7.24. The molecule has 0 aliphatic carbocycles. The lowest BCUT2D eigenvalue weighted by atomic mass is 10.1. The molecule has 1 heterocycles. The normalized spacial score (nSPS) is 13.4. The van der Waals surface area contributed by atoms with Crippen LogP contribution in [0.15, 0.2) is 65.8 Å². The Labute approximate surface area is 249 Å². The van der Waals surface area contributed by atoms with E-state index < -0.39 is 5.97 Å². The first kappa shape index (κ1) is 29.1. The monoisotopic (exact) mass is 678 g/mol. The van der Waals surface area contributed by atoms with Crippen molar-refractivity contribution in [3.05, 3.63) is 86.5 Å². The van der Waals surface area contributed by atoms with Gasteiger partial charge in [-0.15, -0.1) is 23.5 Å². The molecule has 3 aromatic carbocycles. The highest BCUT2D eigenvalue weighted by molar-refractivity contribution is 14.1. The molecule has 3 aromatic rings. The topological polar surface area (TPSA) is 106 Å². The largest absolute Gasteiger partial charge is 0.490 e. The van der Waals surface area contributed by atoms with Crippen molar-refractivity contribution in [1.82, 2.24) is 5.43 Å². The fourth-order valence-electron chi connectivity index (χ4n) is 3.60. The minimum atomic E-state index is -0.973. The fraction of sp³-hybridized carbons (Fsp3) is 0.250. The van der Waals surface area contributed by atoms with Crippen LogP contribution in [0.4, 0.5) is 0 Å². The molecule has 0 radical (unpaired) electrons. The molecule has 204 valence electrons. The zero-order valence-electron chi connectivity index (χ0n) is 21.1. The van der Waals surface area contributed by atoms with Crippen LogP contribution in [-0.2, 0) is 11.4 Å². The van der Waals surface area contributed by atoms with Crippen molar-refractivity contribution >= 4 is 64.2 Å². The Kier molecular flexibility index (Phi) is 10.8. The number of amides is 1. The minimum absolute atomic E-state index is 0.147. The number of benzene rings is 3. The van der Waals surface area contributed by atoms with E-state index in [1.807, 2.05) is 60.8 Å². The molecule has 39 heavy (non-hydrogen) atoms. The molecule has 0 atom stereocenters. The van der Waals surface area contributed by atoms with E-state index in [0.29, 0.717) is 28.4 Å². The summed E-state index contributed by atoms with van der Waals surface area (Å²) in [7, 11) is 0. The average Bonchev–Trinajstić information content (AvgIpc) is 3.47. The Morgan fingerprint density at radius 2 is 1.77 bits per heavy atom. The Hall–Kier alpha value is -2.90. The van der Waals surface area contributed by atoms with Crippen LogP contribution in [0.2, 0.25) is 0 Å². The van der Waals surface area contributed by atoms with Crippen LogP contribution in [0.25, 0.3) is 0 Å². The average molecular weight is 679 g/mol. The molecule has 0 saturated carbocycles. The summed E-state index contributed by atoms with van der Waals surface area (Å²) in [5.74, 6) is 2.75. The zero-order valence-corrected chi connectivity index (χ0v) is 24.9. The molecule has 1 saturated heterocycles. The molecule has 0 bridgehead atoms. The predicted octanol–water partition coefficient (Wildman–Crippen LogP) is 5.97. The van der Waals surface area contributed by atoms with Crippen LogP contribution >= 0.6 is 46.1 Å². The number of carboxylic acid groups (broad SMARTS) is 1. The smallest absolute Gasteiger partial charge is 0.335 e. The number of carbonyl (C=O) groups excluding carboxylic acids is 1. The van der Waals surface area contributed by atoms with Crippen LogP contribution < -0.4 is 19.6 Å². The third-order valence-corrected chi connectivity index (χ3v) is 9.37. The van der Waals surface area contributed by atoms with Crippen molar-refractivity contribution < 1.29 is 28.9 Å². The summed E-state index contributed by atoms with van der Waals surface area (Å²) < 4.78 is 18.6. The first-order valence-electron chi connectivity index (χ1n) is 12.1. The molecule has 1 amide bonds. The Morgan fingerprint density at radius 3 is 2.44 bits per heavy atom. The lowest BCUT2D eigenvalue weighted by Gasteiger charge is -2.15. The summed E-state index contributed by atoms with van der Waals surface area (Å²) in [4.78, 5) is 23.3. The number of carbonyl (C=O) groups is 2. The number of rotatable bonds is 12. The van der Waals surface area contributed by atoms with Crippen molar-refractivity contribution in [2.75, 3.05) is 24.7 Å². The molecule has 11 heteroatoms. The van der Waals surface area contributed by atoms with Gasteiger partial charge in [0.25, 0.3) is 5.91 Å². The van der Waals surface area contributed by atoms with E-state index in [0.717, 1.165) is 14.7 Å². The van der Waals surface area contributed by atoms with E-state index in [9.17, 15) is 9.59 Å². The van der Waals surface area contributed by atoms with Gasteiger partial charge in [-0.1, -0.05) is 24.3 Å². The van der Waals surface area contributed by atoms with E-state index in [1.165, 1.54) is 23.3 Å². The third kappa shape index (κ3) is 8.54. The Bertz CT molecular complexity index is 1310. The maximum absolute atomic E-state index is 12.2. The second kappa shape index (κ2) is 14.5. The molecule has 2 N–H and O–H groups in total. The number of hydrazone groups is 1. The lowest BCUT2D eigenvalue weighted by molar-refractivity contribution is -0.123. The summed E-state index contributed by atoms with van der Waals surface area (Å²) in [6, 6.07) is 18.0. The van der Waals surface area contributed by atoms with Crippen molar-refractivity contribution in [2.45, 2.75) is 18.1 Å². The van der Waals surface area contributed by atoms with Gasteiger partial charge in [0, 0.05) is 11.5 Å². The van der Waals surface area contributed by atoms with Crippen molar-refractivity contribution in [1.29, 1.82) is 0 Å². The molecular weight excluding hydrogens is 651 g/mol. The number of ether oxygens (including phenoxy) is 3. The van der Waals surface area contributed by atoms with E-state index in [1.54, 1.807) is 30.3 Å². The molecular formula is C28H27IN2O6S2. The number of hydrogen-bond acceptors (Lipinski definition) is 8. The number of halogens is 1. The number of carboxylic acids is 1. The number of nitrogens with zero attached hydrogens (tertiary/aromatic N) is 1. The van der Waals surface area contributed by atoms with Crippen LogP contribution in [-0.4, -0.2) is 47.9 Å². The van der Waals surface area contributed by atoms with Gasteiger partial charge in [0.1, 0.15) is 12.4 Å². The number of thioether (sulfide) groups is 2. The molecule has 0 aromatic heterocycles. The summed E-state index contributed by atoms with van der Waals surface area (Å²) in [6.45, 7) is 2.42. The van der Waals surface area contributed by atoms with Crippen LogP contribution in [0.3, 0.4) is 0 Å². The summed E-state index contributed by atoms with van der Waals surface area (Å²) in [5.41, 5.74) is 5.52. The van der Waals surface area contributed by atoms with Gasteiger partial charge in [0.15, 0.2) is 18.1 Å². The Morgan fingerprint density at radius 1 is 1.05 bits per heavy atom. The SMILES string of the molecule is CCOc1cc(/C=N\NC(=O)COc2ccc(C3SCCS3)cc2)cc(I)c1OCc1ccc(C(=O)O)cc1. The molecule has 0 spiro atoms. The third-order valence-electron chi connectivity index (χ3n) is 5.46. The standard InChI is InChI=1S/C28H27IN2O6S2/c1-2-35-24-14-19(13-23(29)26(24)37-16-18-3-5-20(6-4-18)27(33)34)15-30-31-25(32)17-36-22-9-7-21(8-10-22)28-38-11-12-39-28/h3-10,13-15,28H,2,11-12,16-17H2,1H3,(H,31,32)(H,33,34)/b30-15-. The van der Waals surface area contributed by atoms with E-state index in [-0.39, 0.29) is 24.7 Å². The first-order valence-corrected chi connectivity index (χ1v) is 15.3. The lowest BCUT2D eigenvalue weighted by Crippen LogP contribution is -2.24. The van der Waals surface area contributed by atoms with Crippen LogP contribution in [0.1, 0.15) is 38.6 Å². The van der Waals surface area contributed by atoms with Gasteiger partial charge < -0.3 is 19.3 Å². The highest BCUT2D eigenvalue weighted by Crippen LogP contribution is 2.45. The van der Waals surface area contributed by atoms with Gasteiger partial charge in [-0.25, -0.2) is 10.2 Å². The van der Waals surface area contributed by atoms with Crippen molar-refractivity contribution in [3.8, 4) is 17.2 Å². The van der Waals surface area contributed by atoms with E-state index in [4.69, 9.17) is 19.3 Å². The van der Waals surface area contributed by atoms with Gasteiger partial charge in [-0.2, -0.15) is 5.10 Å². The first-order chi connectivity index (χ1) is 18.9. The van der Waals surface area contributed by atoms with Gasteiger partial charge in [0.2, 0.25) is 0 Å². The molecule has 0 unspecified atom stereocenters. The Balaban J connectivity index is 1.30. The highest BCUT2D eigenvalue weighted by atomic mass is 127. The minimum Gasteiger partial charge on any atom is -0.490 e. The molecule has 4 rings (SSSR count). The summed E-state index contributed by atoms with van der Waals surface area (Å²) in [6.07, 6.45) is 1.53. The van der Waals surface area contributed by atoms with Gasteiger partial charge in [0.05, 0.1) is 26.5 Å². The number of aromatic carboxylic acids is 1. The zero-order chi connectivity index (χ0) is 27.6. The predicted molar refractivity (Wildman–Crippen MR) is 163 cm³/mol. The molecule has 1 fully saturated rings. The van der Waals surface area contributed by atoms with Gasteiger partial charge in [-0.3, -0.25) is 4.79 Å². The second-order valence-electron chi connectivity index (χ2n) is 8.28. The maximum Gasteiger partial charge on any atom is 0.335 e. The van der Waals surface area contributed by atoms with Crippen LogP contribution in [0.5, 0.6) is 17.2 Å². The number of hydrogen-bond donors (Lipinski definition) is 2. The van der Waals surface area contributed by atoms with Gasteiger partial charge in [-0.05, 0) is 82.6 Å². The summed E-state index contributed by atoms with van der Waals surface area (Å²) in [5, 5.41) is 13.1. The quantitative estimate of drug-likeness (QED) is 0.137. The number of nitrogens with one attached hydrogen (secondary N) is 1.